The average molecular weight is 283 g/mol. The first kappa shape index (κ1) is 14.1. The number of H-pyrrole nitrogens is 1. The second-order valence-corrected chi connectivity index (χ2v) is 4.35. The molecule has 1 aromatic carbocycles. The average Bonchev–Trinajstić information content (AvgIpc) is 2.70. The van der Waals surface area contributed by atoms with Crippen molar-refractivity contribution in [3.8, 4) is 0 Å². The lowest BCUT2D eigenvalue weighted by Crippen LogP contribution is -2.14. The number of aromatic nitrogens is 2. The van der Waals surface area contributed by atoms with Crippen molar-refractivity contribution < 1.29 is 18.0 Å². The molecule has 0 aliphatic rings. The summed E-state index contributed by atoms with van der Waals surface area (Å²) in [4.78, 5) is 11.9. The molecule has 0 atom stereocenters. The summed E-state index contributed by atoms with van der Waals surface area (Å²) in [7, 11) is 0. The van der Waals surface area contributed by atoms with Crippen LogP contribution in [0.3, 0.4) is 0 Å². The van der Waals surface area contributed by atoms with Crippen LogP contribution in [0.1, 0.15) is 27.2 Å². The minimum absolute atomic E-state index is 0.0696. The number of benzene rings is 1. The Morgan fingerprint density at radius 3 is 2.55 bits per heavy atom. The third kappa shape index (κ3) is 2.81. The van der Waals surface area contributed by atoms with Crippen molar-refractivity contribution in [1.82, 2.24) is 10.2 Å². The van der Waals surface area contributed by atoms with E-state index >= 15 is 0 Å². The number of carbonyl (C=O) groups is 1. The fourth-order valence-corrected chi connectivity index (χ4v) is 1.62. The highest BCUT2D eigenvalue weighted by atomic mass is 19.4. The van der Waals surface area contributed by atoms with E-state index in [0.29, 0.717) is 5.82 Å². The number of nitrogens with zero attached hydrogens (tertiary/aromatic N) is 1. The van der Waals surface area contributed by atoms with Gasteiger partial charge in [0, 0.05) is 16.8 Å². The van der Waals surface area contributed by atoms with Gasteiger partial charge >= 0.3 is 6.18 Å². The summed E-state index contributed by atoms with van der Waals surface area (Å²) in [5.41, 5.74) is 0.592. The Balaban J connectivity index is 2.24. The van der Waals surface area contributed by atoms with E-state index in [1.807, 2.05) is 0 Å². The van der Waals surface area contributed by atoms with Crippen molar-refractivity contribution in [3.63, 3.8) is 0 Å². The molecule has 1 aromatic heterocycles. The zero-order valence-corrected chi connectivity index (χ0v) is 10.8. The number of aryl methyl sites for hydroxylation is 1. The Hall–Kier alpha value is -2.31. The van der Waals surface area contributed by atoms with Crippen LogP contribution in [-0.2, 0) is 6.18 Å². The van der Waals surface area contributed by atoms with Crippen molar-refractivity contribution >= 4 is 11.7 Å². The summed E-state index contributed by atoms with van der Waals surface area (Å²) in [6.07, 6.45) is -4.48. The van der Waals surface area contributed by atoms with E-state index in [1.165, 1.54) is 12.1 Å². The summed E-state index contributed by atoms with van der Waals surface area (Å²) < 4.78 is 37.7. The van der Waals surface area contributed by atoms with Gasteiger partial charge in [0.25, 0.3) is 5.91 Å². The maximum atomic E-state index is 12.6. The molecule has 0 unspecified atom stereocenters. The molecule has 0 saturated heterocycles. The third-order valence-electron chi connectivity index (χ3n) is 2.94. The number of aromatic amines is 1. The lowest BCUT2D eigenvalue weighted by Gasteiger charge is -2.08. The monoisotopic (exact) mass is 283 g/mol. The summed E-state index contributed by atoms with van der Waals surface area (Å²) in [6.45, 7) is 3.53. The largest absolute Gasteiger partial charge is 0.416 e. The standard InChI is InChI=1S/C13H12F3N3O/c1-7-8(2)18-19-11(7)17-12(20)9-4-3-5-10(6-9)13(14,15)16/h3-6H,1-2H3,(H2,17,18,19,20). The van der Waals surface area contributed by atoms with Crippen LogP contribution in [0.15, 0.2) is 24.3 Å². The molecule has 20 heavy (non-hydrogen) atoms. The fourth-order valence-electron chi connectivity index (χ4n) is 1.62. The van der Waals surface area contributed by atoms with E-state index in [4.69, 9.17) is 0 Å². The van der Waals surface area contributed by atoms with Crippen LogP contribution in [0, 0.1) is 13.8 Å². The first-order chi connectivity index (χ1) is 9.29. The Morgan fingerprint density at radius 1 is 1.30 bits per heavy atom. The smallest absolute Gasteiger partial charge is 0.305 e. The lowest BCUT2D eigenvalue weighted by molar-refractivity contribution is -0.137. The van der Waals surface area contributed by atoms with Gasteiger partial charge in [-0.2, -0.15) is 18.3 Å². The zero-order valence-electron chi connectivity index (χ0n) is 10.8. The van der Waals surface area contributed by atoms with Gasteiger partial charge in [0.1, 0.15) is 0 Å². The van der Waals surface area contributed by atoms with Crippen molar-refractivity contribution in [3.05, 3.63) is 46.6 Å². The van der Waals surface area contributed by atoms with Crippen molar-refractivity contribution in [2.75, 3.05) is 5.32 Å². The molecule has 2 aromatic rings. The Labute approximate surface area is 113 Å². The van der Waals surface area contributed by atoms with Gasteiger partial charge in [-0.05, 0) is 32.0 Å². The molecular formula is C13H12F3N3O. The van der Waals surface area contributed by atoms with Gasteiger partial charge in [0.2, 0.25) is 0 Å². The molecule has 0 fully saturated rings. The van der Waals surface area contributed by atoms with Crippen LogP contribution in [0.5, 0.6) is 0 Å². The minimum atomic E-state index is -4.48. The van der Waals surface area contributed by atoms with E-state index in [9.17, 15) is 18.0 Å². The molecule has 106 valence electrons. The molecule has 1 heterocycles. The van der Waals surface area contributed by atoms with E-state index in [1.54, 1.807) is 13.8 Å². The van der Waals surface area contributed by atoms with E-state index in [0.717, 1.165) is 23.4 Å². The second-order valence-electron chi connectivity index (χ2n) is 4.35. The highest BCUT2D eigenvalue weighted by Crippen LogP contribution is 2.29. The maximum absolute atomic E-state index is 12.6. The molecule has 2 N–H and O–H groups in total. The van der Waals surface area contributed by atoms with Crippen LogP contribution in [-0.4, -0.2) is 16.1 Å². The topological polar surface area (TPSA) is 57.8 Å². The number of anilines is 1. The van der Waals surface area contributed by atoms with Gasteiger partial charge in [0.05, 0.1) is 5.56 Å². The number of hydrogen-bond donors (Lipinski definition) is 2. The Kier molecular flexibility index (Phi) is 3.52. The quantitative estimate of drug-likeness (QED) is 0.888. The molecule has 7 heteroatoms. The van der Waals surface area contributed by atoms with Crippen molar-refractivity contribution in [2.24, 2.45) is 0 Å². The molecule has 0 aliphatic heterocycles. The normalized spacial score (nSPS) is 11.4. The summed E-state index contributed by atoms with van der Waals surface area (Å²) in [5, 5.41) is 9.03. The third-order valence-corrected chi connectivity index (χ3v) is 2.94. The maximum Gasteiger partial charge on any atom is 0.416 e. The predicted octanol–water partition coefficient (Wildman–Crippen LogP) is 3.30. The number of rotatable bonds is 2. The van der Waals surface area contributed by atoms with E-state index in [-0.39, 0.29) is 5.56 Å². The van der Waals surface area contributed by atoms with Gasteiger partial charge in [0.15, 0.2) is 5.82 Å². The number of halogens is 3. The van der Waals surface area contributed by atoms with Crippen LogP contribution < -0.4 is 5.32 Å². The number of alkyl halides is 3. The molecule has 4 nitrogen and oxygen atoms in total. The van der Waals surface area contributed by atoms with Gasteiger partial charge in [-0.15, -0.1) is 0 Å². The zero-order chi connectivity index (χ0) is 14.9. The van der Waals surface area contributed by atoms with Crippen LogP contribution in [0.25, 0.3) is 0 Å². The second kappa shape index (κ2) is 4.99. The number of amides is 1. The number of nitrogens with one attached hydrogen (secondary N) is 2. The molecular weight excluding hydrogens is 271 g/mol. The Morgan fingerprint density at radius 2 is 2.00 bits per heavy atom. The Bertz CT molecular complexity index is 647. The fraction of sp³-hybridized carbons (Fsp3) is 0.231. The molecule has 2 rings (SSSR count). The molecule has 1 amide bonds. The van der Waals surface area contributed by atoms with Gasteiger partial charge in [-0.25, -0.2) is 0 Å². The van der Waals surface area contributed by atoms with Crippen molar-refractivity contribution in [2.45, 2.75) is 20.0 Å². The highest BCUT2D eigenvalue weighted by Gasteiger charge is 2.30. The van der Waals surface area contributed by atoms with Crippen LogP contribution in [0.2, 0.25) is 0 Å². The molecule has 0 radical (unpaired) electrons. The molecule has 0 aliphatic carbocycles. The van der Waals surface area contributed by atoms with E-state index in [2.05, 4.69) is 15.5 Å². The SMILES string of the molecule is Cc1[nH]nc(NC(=O)c2cccc(C(F)(F)F)c2)c1C. The molecule has 0 spiro atoms. The number of carbonyl (C=O) groups excluding carboxylic acids is 1. The van der Waals surface area contributed by atoms with Crippen LogP contribution in [0.4, 0.5) is 19.0 Å². The predicted molar refractivity (Wildman–Crippen MR) is 67.5 cm³/mol. The van der Waals surface area contributed by atoms with Gasteiger partial charge in [-0.3, -0.25) is 9.89 Å². The first-order valence-corrected chi connectivity index (χ1v) is 5.79. The summed E-state index contributed by atoms with van der Waals surface area (Å²) in [5.74, 6) is -0.324. The van der Waals surface area contributed by atoms with Crippen molar-refractivity contribution in [1.29, 1.82) is 0 Å². The molecule has 0 bridgehead atoms. The van der Waals surface area contributed by atoms with Gasteiger partial charge in [-0.1, -0.05) is 6.07 Å². The summed E-state index contributed by atoms with van der Waals surface area (Å²) >= 11 is 0. The number of hydrogen-bond acceptors (Lipinski definition) is 2. The minimum Gasteiger partial charge on any atom is -0.305 e. The van der Waals surface area contributed by atoms with Gasteiger partial charge < -0.3 is 5.32 Å². The highest BCUT2D eigenvalue weighted by molar-refractivity contribution is 6.04. The molecule has 0 saturated carbocycles. The summed E-state index contributed by atoms with van der Waals surface area (Å²) in [6, 6.07) is 4.24. The van der Waals surface area contributed by atoms with Crippen LogP contribution >= 0.6 is 0 Å². The first-order valence-electron chi connectivity index (χ1n) is 5.79. The lowest BCUT2D eigenvalue weighted by atomic mass is 10.1. The van der Waals surface area contributed by atoms with E-state index < -0.39 is 17.6 Å².